The largest absolute Gasteiger partial charge is 0.481 e. The molecule has 0 aromatic heterocycles. The van der Waals surface area contributed by atoms with Crippen molar-refractivity contribution in [2.45, 2.75) is 123 Å². The van der Waals surface area contributed by atoms with Crippen molar-refractivity contribution in [1.82, 2.24) is 0 Å². The van der Waals surface area contributed by atoms with E-state index in [-0.39, 0.29) is 41.0 Å². The summed E-state index contributed by atoms with van der Waals surface area (Å²) in [5.74, 6) is 0.935. The molecule has 36 heavy (non-hydrogen) atoms. The van der Waals surface area contributed by atoms with Gasteiger partial charge in [-0.15, -0.1) is 0 Å². The van der Waals surface area contributed by atoms with Gasteiger partial charge in [0.25, 0.3) is 0 Å². The molecule has 0 aromatic rings. The predicted molar refractivity (Wildman–Crippen MR) is 141 cm³/mol. The van der Waals surface area contributed by atoms with E-state index in [0.29, 0.717) is 24.2 Å². The maximum atomic E-state index is 12.4. The molecule has 0 heterocycles. The molecule has 0 amide bonds. The summed E-state index contributed by atoms with van der Waals surface area (Å²) in [5, 5.41) is 30.5. The lowest BCUT2D eigenvalue weighted by Gasteiger charge is -2.63. The highest BCUT2D eigenvalue weighted by Gasteiger charge is 2.65. The lowest BCUT2D eigenvalue weighted by atomic mass is 9.42. The van der Waals surface area contributed by atoms with Gasteiger partial charge in [-0.3, -0.25) is 9.59 Å². The Hall–Kier alpha value is -1.20. The van der Waals surface area contributed by atoms with E-state index in [1.807, 2.05) is 0 Å². The number of ketones is 1. The number of aliphatic hydroxyl groups excluding tert-OH is 2. The van der Waals surface area contributed by atoms with Crippen molar-refractivity contribution in [3.63, 3.8) is 0 Å². The van der Waals surface area contributed by atoms with Crippen molar-refractivity contribution < 1.29 is 24.9 Å². The minimum atomic E-state index is -0.691. The molecule has 5 nitrogen and oxygen atoms in total. The van der Waals surface area contributed by atoms with Crippen LogP contribution in [-0.4, -0.2) is 39.8 Å². The van der Waals surface area contributed by atoms with Crippen molar-refractivity contribution >= 4 is 11.8 Å². The molecule has 0 saturated heterocycles. The van der Waals surface area contributed by atoms with Gasteiger partial charge in [0.1, 0.15) is 0 Å². The zero-order valence-electron chi connectivity index (χ0n) is 22.9. The lowest BCUT2D eigenvalue weighted by molar-refractivity contribution is -0.150. The van der Waals surface area contributed by atoms with Crippen LogP contribution in [-0.2, 0) is 9.59 Å². The first-order valence-corrected chi connectivity index (χ1v) is 14.8. The van der Waals surface area contributed by atoms with E-state index < -0.39 is 12.1 Å². The average Bonchev–Trinajstić information content (AvgIpc) is 3.08. The number of hydrogen-bond donors (Lipinski definition) is 3. The van der Waals surface area contributed by atoms with Crippen molar-refractivity contribution in [3.8, 4) is 0 Å². The van der Waals surface area contributed by atoms with Gasteiger partial charge in [-0.25, -0.2) is 0 Å². The number of carbonyl (C=O) groups is 2. The highest BCUT2D eigenvalue weighted by molar-refractivity contribution is 5.92. The molecule has 0 aromatic carbocycles. The fourth-order valence-corrected chi connectivity index (χ4v) is 9.45. The third-order valence-electron chi connectivity index (χ3n) is 11.7. The molecular weight excluding hydrogens is 452 g/mol. The molecule has 3 fully saturated rings. The second-order valence-corrected chi connectivity index (χ2v) is 13.5. The minimum Gasteiger partial charge on any atom is -0.481 e. The van der Waals surface area contributed by atoms with Gasteiger partial charge < -0.3 is 15.3 Å². The minimum absolute atomic E-state index is 0.0146. The number of fused-ring (bicyclic) bond motifs is 5. The number of aliphatic hydroxyl groups is 2. The topological polar surface area (TPSA) is 94.8 Å². The predicted octanol–water partition coefficient (Wildman–Crippen LogP) is 6.31. The fraction of sp³-hybridized carbons (Fsp3) is 0.871. The number of aliphatic carboxylic acids is 1. The molecule has 204 valence electrons. The Labute approximate surface area is 218 Å². The number of carboxylic acid groups (broad SMARTS) is 1. The Morgan fingerprint density at radius 3 is 2.25 bits per heavy atom. The molecule has 0 aliphatic heterocycles. The first-order valence-electron chi connectivity index (χ1n) is 14.8. The summed E-state index contributed by atoms with van der Waals surface area (Å²) >= 11 is 0. The van der Waals surface area contributed by atoms with Crippen LogP contribution in [0.5, 0.6) is 0 Å². The number of hydrogen-bond acceptors (Lipinski definition) is 4. The van der Waals surface area contributed by atoms with Gasteiger partial charge in [0.15, 0.2) is 5.78 Å². The van der Waals surface area contributed by atoms with Crippen LogP contribution in [0.4, 0.5) is 0 Å². The Morgan fingerprint density at radius 2 is 1.58 bits per heavy atom. The Morgan fingerprint density at radius 1 is 0.944 bits per heavy atom. The maximum Gasteiger partial charge on any atom is 0.303 e. The number of unbranched alkanes of at least 4 members (excludes halogenated alkanes) is 6. The van der Waals surface area contributed by atoms with Crippen LogP contribution in [0.1, 0.15) is 117 Å². The second kappa shape index (κ2) is 10.9. The van der Waals surface area contributed by atoms with Crippen LogP contribution in [0.3, 0.4) is 0 Å². The van der Waals surface area contributed by atoms with Crippen molar-refractivity contribution in [2.24, 2.45) is 39.9 Å². The SMILES string of the molecule is C[C@]1(CC(=O)O)CC[C@H]2[C@@H]3[C@H](CCCCCCCCCO)[C@@H](O)C4=CC(=O)CC[C@]4(C)[C@H]3CC[C@@]21C. The summed E-state index contributed by atoms with van der Waals surface area (Å²) in [5.41, 5.74) is 0.676. The quantitative estimate of drug-likeness (QED) is 0.288. The molecule has 3 saturated carbocycles. The molecule has 4 aliphatic carbocycles. The highest BCUT2D eigenvalue weighted by Crippen LogP contribution is 2.71. The first kappa shape index (κ1) is 27.8. The summed E-state index contributed by atoms with van der Waals surface area (Å²) in [7, 11) is 0. The monoisotopic (exact) mass is 502 g/mol. The highest BCUT2D eigenvalue weighted by atomic mass is 16.4. The third-order valence-corrected chi connectivity index (χ3v) is 11.7. The molecular formula is C31H50O5. The fourth-order valence-electron chi connectivity index (χ4n) is 9.45. The molecule has 5 heteroatoms. The van der Waals surface area contributed by atoms with Crippen LogP contribution in [0.25, 0.3) is 0 Å². The van der Waals surface area contributed by atoms with Crippen molar-refractivity contribution in [3.05, 3.63) is 11.6 Å². The molecule has 8 atom stereocenters. The Bertz CT molecular complexity index is 850. The summed E-state index contributed by atoms with van der Waals surface area (Å²) < 4.78 is 0. The summed E-state index contributed by atoms with van der Waals surface area (Å²) in [6, 6.07) is 0. The lowest BCUT2D eigenvalue weighted by Crippen LogP contribution is -2.59. The normalized spacial score (nSPS) is 41.9. The number of carboxylic acids is 1. The second-order valence-electron chi connectivity index (χ2n) is 13.5. The molecule has 0 bridgehead atoms. The van der Waals surface area contributed by atoms with Gasteiger partial charge in [0.2, 0.25) is 0 Å². The number of carbonyl (C=O) groups excluding carboxylic acids is 1. The summed E-state index contributed by atoms with van der Waals surface area (Å²) in [6.45, 7) is 7.16. The molecule has 0 unspecified atom stereocenters. The van der Waals surface area contributed by atoms with E-state index >= 15 is 0 Å². The van der Waals surface area contributed by atoms with E-state index in [2.05, 4.69) is 20.8 Å². The van der Waals surface area contributed by atoms with E-state index in [1.54, 1.807) is 6.08 Å². The van der Waals surface area contributed by atoms with Gasteiger partial charge in [-0.2, -0.15) is 0 Å². The zero-order valence-corrected chi connectivity index (χ0v) is 22.9. The standard InChI is InChI=1S/C31H50O5/c1-29(20-26(34)35)15-13-24-27-22(11-9-7-5-4-6-8-10-18-32)28(36)25-19-21(33)12-16-30(25,2)23(27)14-17-31(24,29)3/h19,22-24,27-28,32,36H,4-18,20H2,1-3H3,(H,34,35)/t22-,23-,24-,27+,28+,29+,30+,31-/m0/s1. The van der Waals surface area contributed by atoms with E-state index in [9.17, 15) is 19.8 Å². The van der Waals surface area contributed by atoms with Gasteiger partial charge in [-0.1, -0.05) is 59.3 Å². The van der Waals surface area contributed by atoms with Crippen LogP contribution in [0.15, 0.2) is 11.6 Å². The van der Waals surface area contributed by atoms with E-state index in [4.69, 9.17) is 5.11 Å². The molecule has 3 N–H and O–H groups in total. The van der Waals surface area contributed by atoms with Gasteiger partial charge in [0, 0.05) is 13.0 Å². The van der Waals surface area contributed by atoms with E-state index in [1.165, 1.54) is 19.3 Å². The first-order chi connectivity index (χ1) is 17.1. The van der Waals surface area contributed by atoms with Crippen LogP contribution in [0, 0.1) is 39.9 Å². The maximum absolute atomic E-state index is 12.4. The Balaban J connectivity index is 1.56. The molecule has 0 spiro atoms. The van der Waals surface area contributed by atoms with Crippen molar-refractivity contribution in [2.75, 3.05) is 6.61 Å². The molecule has 4 rings (SSSR count). The third kappa shape index (κ3) is 4.84. The summed E-state index contributed by atoms with van der Waals surface area (Å²) in [4.78, 5) is 24.3. The van der Waals surface area contributed by atoms with Gasteiger partial charge in [0.05, 0.1) is 12.5 Å². The number of rotatable bonds is 11. The van der Waals surface area contributed by atoms with E-state index in [0.717, 1.165) is 69.8 Å². The van der Waals surface area contributed by atoms with Crippen LogP contribution in [0.2, 0.25) is 0 Å². The summed E-state index contributed by atoms with van der Waals surface area (Å²) in [6.07, 6.45) is 15.8. The van der Waals surface area contributed by atoms with Crippen LogP contribution < -0.4 is 0 Å². The molecule has 4 aliphatic rings. The molecule has 0 radical (unpaired) electrons. The van der Waals surface area contributed by atoms with Crippen LogP contribution >= 0.6 is 0 Å². The smallest absolute Gasteiger partial charge is 0.303 e. The van der Waals surface area contributed by atoms with Gasteiger partial charge >= 0.3 is 5.97 Å². The van der Waals surface area contributed by atoms with Gasteiger partial charge in [-0.05, 0) is 96.5 Å². The zero-order chi connectivity index (χ0) is 26.1. The average molecular weight is 503 g/mol. The Kier molecular flexibility index (Phi) is 8.41. The van der Waals surface area contributed by atoms with Crippen molar-refractivity contribution in [1.29, 1.82) is 0 Å².